The van der Waals surface area contributed by atoms with Gasteiger partial charge in [-0.25, -0.2) is 4.79 Å². The van der Waals surface area contributed by atoms with Gasteiger partial charge in [0.2, 0.25) is 0 Å². The Bertz CT molecular complexity index is 547. The maximum Gasteiger partial charge on any atom is 0.329 e. The van der Waals surface area contributed by atoms with Gasteiger partial charge in [-0.15, -0.1) is 0 Å². The van der Waals surface area contributed by atoms with Gasteiger partial charge in [0.1, 0.15) is 5.70 Å². The number of rotatable bonds is 4. The molecule has 0 saturated carbocycles. The molecular formula is C14H17N3O3. The van der Waals surface area contributed by atoms with E-state index in [2.05, 4.69) is 10.3 Å². The number of nitrogens with one attached hydrogen (secondary N) is 1. The molecule has 2 N–H and O–H groups in total. The van der Waals surface area contributed by atoms with E-state index in [1.807, 2.05) is 0 Å². The van der Waals surface area contributed by atoms with Crippen molar-refractivity contribution < 1.29 is 14.7 Å². The summed E-state index contributed by atoms with van der Waals surface area (Å²) in [6, 6.07) is 3.03. The maximum atomic E-state index is 12.1. The van der Waals surface area contributed by atoms with Gasteiger partial charge in [0.25, 0.3) is 5.91 Å². The van der Waals surface area contributed by atoms with Crippen molar-refractivity contribution in [2.75, 3.05) is 6.54 Å². The molecule has 0 atom stereocenters. The van der Waals surface area contributed by atoms with Gasteiger partial charge in [-0.2, -0.15) is 0 Å². The van der Waals surface area contributed by atoms with Crippen molar-refractivity contribution in [2.45, 2.75) is 25.9 Å². The van der Waals surface area contributed by atoms with Crippen LogP contribution in [0.3, 0.4) is 0 Å². The summed E-state index contributed by atoms with van der Waals surface area (Å²) in [5, 5.41) is 12.2. The third kappa shape index (κ3) is 3.42. The van der Waals surface area contributed by atoms with Crippen LogP contribution in [0.2, 0.25) is 0 Å². The van der Waals surface area contributed by atoms with Crippen molar-refractivity contribution in [2.24, 2.45) is 0 Å². The molecule has 1 aromatic rings. The van der Waals surface area contributed by atoms with Gasteiger partial charge in [-0.05, 0) is 44.0 Å². The molecule has 1 saturated heterocycles. The minimum atomic E-state index is -0.919. The fraction of sp³-hybridized carbons (Fsp3) is 0.357. The molecule has 0 unspecified atom stereocenters. The zero-order valence-corrected chi connectivity index (χ0v) is 11.5. The van der Waals surface area contributed by atoms with Crippen LogP contribution in [0.1, 0.15) is 25.8 Å². The number of carbonyl (C=O) groups excluding carboxylic acids is 2. The fourth-order valence-electron chi connectivity index (χ4n) is 1.79. The van der Waals surface area contributed by atoms with Gasteiger partial charge in [0.05, 0.1) is 5.60 Å². The summed E-state index contributed by atoms with van der Waals surface area (Å²) in [6.45, 7) is 3.46. The number of amides is 3. The zero-order chi connectivity index (χ0) is 14.8. The molecule has 2 heterocycles. The second-order valence-corrected chi connectivity index (χ2v) is 5.29. The van der Waals surface area contributed by atoms with E-state index in [0.29, 0.717) is 6.42 Å². The topological polar surface area (TPSA) is 82.5 Å². The zero-order valence-electron chi connectivity index (χ0n) is 11.5. The second-order valence-electron chi connectivity index (χ2n) is 5.29. The number of aromatic nitrogens is 1. The SMILES string of the molecule is CC(C)(O)CCN1C(=O)N/C(=C\c2ccncc2)C1=O. The van der Waals surface area contributed by atoms with Gasteiger partial charge in [-0.3, -0.25) is 14.7 Å². The summed E-state index contributed by atoms with van der Waals surface area (Å²) in [5.74, 6) is -0.379. The number of carbonyl (C=O) groups is 2. The number of imide groups is 1. The highest BCUT2D eigenvalue weighted by molar-refractivity contribution is 6.13. The minimum Gasteiger partial charge on any atom is -0.390 e. The lowest BCUT2D eigenvalue weighted by atomic mass is 10.1. The smallest absolute Gasteiger partial charge is 0.329 e. The molecule has 1 fully saturated rings. The van der Waals surface area contributed by atoms with E-state index in [4.69, 9.17) is 0 Å². The van der Waals surface area contributed by atoms with E-state index in [1.165, 1.54) is 0 Å². The summed E-state index contributed by atoms with van der Waals surface area (Å²) in [4.78, 5) is 28.9. The number of pyridine rings is 1. The van der Waals surface area contributed by atoms with Crippen molar-refractivity contribution in [3.8, 4) is 0 Å². The molecule has 2 rings (SSSR count). The lowest BCUT2D eigenvalue weighted by Crippen LogP contribution is -2.35. The van der Waals surface area contributed by atoms with Crippen molar-refractivity contribution >= 4 is 18.0 Å². The molecule has 0 aromatic carbocycles. The molecule has 20 heavy (non-hydrogen) atoms. The Morgan fingerprint density at radius 1 is 1.35 bits per heavy atom. The molecule has 0 aliphatic carbocycles. The van der Waals surface area contributed by atoms with E-state index in [0.717, 1.165) is 10.5 Å². The molecule has 3 amide bonds. The summed E-state index contributed by atoms with van der Waals surface area (Å²) >= 11 is 0. The van der Waals surface area contributed by atoms with Crippen LogP contribution in [0.25, 0.3) is 6.08 Å². The molecule has 1 aliphatic heterocycles. The van der Waals surface area contributed by atoms with Crippen molar-refractivity contribution in [1.29, 1.82) is 0 Å². The first kappa shape index (κ1) is 14.2. The Morgan fingerprint density at radius 3 is 2.60 bits per heavy atom. The van der Waals surface area contributed by atoms with Crippen LogP contribution >= 0.6 is 0 Å². The van der Waals surface area contributed by atoms with Crippen LogP contribution in [0.4, 0.5) is 4.79 Å². The molecule has 0 bridgehead atoms. The van der Waals surface area contributed by atoms with Gasteiger partial charge in [0.15, 0.2) is 0 Å². The van der Waals surface area contributed by atoms with E-state index in [9.17, 15) is 14.7 Å². The van der Waals surface area contributed by atoms with Crippen LogP contribution in [-0.4, -0.2) is 39.1 Å². The number of nitrogens with zero attached hydrogens (tertiary/aromatic N) is 2. The average molecular weight is 275 g/mol. The second kappa shape index (κ2) is 5.42. The first-order valence-electron chi connectivity index (χ1n) is 6.34. The average Bonchev–Trinajstić information content (AvgIpc) is 2.63. The van der Waals surface area contributed by atoms with E-state index in [-0.39, 0.29) is 18.1 Å². The normalized spacial score (nSPS) is 17.8. The summed E-state index contributed by atoms with van der Waals surface area (Å²) < 4.78 is 0. The van der Waals surface area contributed by atoms with Crippen LogP contribution in [0.5, 0.6) is 0 Å². The monoisotopic (exact) mass is 275 g/mol. The number of hydrogen-bond acceptors (Lipinski definition) is 4. The lowest BCUT2D eigenvalue weighted by molar-refractivity contribution is -0.123. The largest absolute Gasteiger partial charge is 0.390 e. The quantitative estimate of drug-likeness (QED) is 0.637. The molecule has 106 valence electrons. The van der Waals surface area contributed by atoms with E-state index < -0.39 is 11.6 Å². The predicted octanol–water partition coefficient (Wildman–Crippen LogP) is 1.14. The molecule has 6 heteroatoms. The number of hydrogen-bond donors (Lipinski definition) is 2. The first-order chi connectivity index (χ1) is 9.37. The summed E-state index contributed by atoms with van der Waals surface area (Å²) in [6.07, 6.45) is 5.15. The van der Waals surface area contributed by atoms with E-state index in [1.54, 1.807) is 44.4 Å². The highest BCUT2D eigenvalue weighted by atomic mass is 16.3. The van der Waals surface area contributed by atoms with Crippen LogP contribution in [-0.2, 0) is 4.79 Å². The molecule has 0 radical (unpaired) electrons. The Balaban J connectivity index is 2.11. The molecule has 1 aliphatic rings. The summed E-state index contributed by atoms with van der Waals surface area (Å²) in [7, 11) is 0. The highest BCUT2D eigenvalue weighted by Crippen LogP contribution is 2.16. The Hall–Kier alpha value is -2.21. The van der Waals surface area contributed by atoms with Crippen LogP contribution < -0.4 is 5.32 Å². The van der Waals surface area contributed by atoms with Crippen LogP contribution in [0, 0.1) is 0 Å². The van der Waals surface area contributed by atoms with Gasteiger partial charge < -0.3 is 10.4 Å². The first-order valence-corrected chi connectivity index (χ1v) is 6.34. The number of urea groups is 1. The molecule has 6 nitrogen and oxygen atoms in total. The third-order valence-electron chi connectivity index (χ3n) is 2.93. The standard InChI is InChI=1S/C14H17N3O3/c1-14(2,20)5-8-17-12(18)11(16-13(17)19)9-10-3-6-15-7-4-10/h3-4,6-7,9,20H,5,8H2,1-2H3,(H,16,19)/b11-9-. The lowest BCUT2D eigenvalue weighted by Gasteiger charge is -2.20. The van der Waals surface area contributed by atoms with Gasteiger partial charge in [0, 0.05) is 18.9 Å². The Kier molecular flexibility index (Phi) is 3.85. The minimum absolute atomic E-state index is 0.182. The van der Waals surface area contributed by atoms with Gasteiger partial charge in [-0.1, -0.05) is 0 Å². The van der Waals surface area contributed by atoms with Crippen molar-refractivity contribution in [3.05, 3.63) is 35.8 Å². The van der Waals surface area contributed by atoms with Gasteiger partial charge >= 0.3 is 6.03 Å². The third-order valence-corrected chi connectivity index (χ3v) is 2.93. The molecule has 1 aromatic heterocycles. The maximum absolute atomic E-state index is 12.1. The molecular weight excluding hydrogens is 258 g/mol. The van der Waals surface area contributed by atoms with Crippen molar-refractivity contribution in [3.63, 3.8) is 0 Å². The van der Waals surface area contributed by atoms with Crippen molar-refractivity contribution in [1.82, 2.24) is 15.2 Å². The Labute approximate surface area is 117 Å². The predicted molar refractivity (Wildman–Crippen MR) is 73.4 cm³/mol. The van der Waals surface area contributed by atoms with Crippen LogP contribution in [0.15, 0.2) is 30.2 Å². The van der Waals surface area contributed by atoms with E-state index >= 15 is 0 Å². The highest BCUT2D eigenvalue weighted by Gasteiger charge is 2.34. The fourth-order valence-corrected chi connectivity index (χ4v) is 1.79. The summed E-state index contributed by atoms with van der Waals surface area (Å²) in [5.41, 5.74) is 0.0999. The molecule has 0 spiro atoms. The number of aliphatic hydroxyl groups is 1. The Morgan fingerprint density at radius 2 is 2.00 bits per heavy atom.